The second kappa shape index (κ2) is 6.92. The molecule has 1 unspecified atom stereocenters. The third-order valence-corrected chi connectivity index (χ3v) is 5.75. The number of rotatable bonds is 4. The summed E-state index contributed by atoms with van der Waals surface area (Å²) < 4.78 is 1.18. The molecule has 1 aromatic carbocycles. The zero-order chi connectivity index (χ0) is 14.7. The molecule has 2 N–H and O–H groups in total. The van der Waals surface area contributed by atoms with Crippen LogP contribution in [0.4, 0.5) is 5.69 Å². The van der Waals surface area contributed by atoms with Gasteiger partial charge in [-0.2, -0.15) is 0 Å². The maximum absolute atomic E-state index is 6.03. The van der Waals surface area contributed by atoms with Gasteiger partial charge in [-0.1, -0.05) is 18.2 Å². The maximum Gasteiger partial charge on any atom is 0.0702 e. The van der Waals surface area contributed by atoms with Gasteiger partial charge in [0, 0.05) is 43.3 Å². The van der Waals surface area contributed by atoms with Gasteiger partial charge in [-0.25, -0.2) is 0 Å². The Morgan fingerprint density at radius 3 is 2.33 bits per heavy atom. The van der Waals surface area contributed by atoms with Crippen molar-refractivity contribution in [1.29, 1.82) is 0 Å². The normalized spacial score (nSPS) is 17.9. The minimum atomic E-state index is 0.347. The van der Waals surface area contributed by atoms with Crippen LogP contribution >= 0.6 is 27.3 Å². The fourth-order valence-corrected chi connectivity index (χ4v) is 4.45. The molecule has 112 valence electrons. The monoisotopic (exact) mass is 365 g/mol. The van der Waals surface area contributed by atoms with Gasteiger partial charge < -0.3 is 10.6 Å². The third-order valence-electron chi connectivity index (χ3n) is 4.02. The molecule has 2 heterocycles. The molecule has 21 heavy (non-hydrogen) atoms. The molecule has 0 spiro atoms. The highest BCUT2D eigenvalue weighted by Gasteiger charge is 2.25. The Morgan fingerprint density at radius 2 is 1.76 bits per heavy atom. The fraction of sp³-hybridized carbons (Fsp3) is 0.375. The first kappa shape index (κ1) is 15.0. The summed E-state index contributed by atoms with van der Waals surface area (Å²) in [4.78, 5) is 6.32. The minimum Gasteiger partial charge on any atom is -0.369 e. The summed E-state index contributed by atoms with van der Waals surface area (Å²) in [6.45, 7) is 4.93. The van der Waals surface area contributed by atoms with Gasteiger partial charge >= 0.3 is 0 Å². The maximum atomic E-state index is 6.03. The Bertz CT molecular complexity index is 564. The number of hydrogen-bond acceptors (Lipinski definition) is 4. The topological polar surface area (TPSA) is 32.5 Å². The summed E-state index contributed by atoms with van der Waals surface area (Å²) in [6.07, 6.45) is 0. The van der Waals surface area contributed by atoms with Crippen molar-refractivity contribution in [2.24, 2.45) is 5.73 Å². The summed E-state index contributed by atoms with van der Waals surface area (Å²) in [5.74, 6) is 0. The Hall–Kier alpha value is -0.880. The van der Waals surface area contributed by atoms with E-state index in [9.17, 15) is 0 Å². The van der Waals surface area contributed by atoms with Crippen LogP contribution in [0.1, 0.15) is 10.9 Å². The SMILES string of the molecule is NCC(c1ccc(Br)s1)N1CCN(c2ccccc2)CC1. The van der Waals surface area contributed by atoms with Crippen molar-refractivity contribution < 1.29 is 0 Å². The van der Waals surface area contributed by atoms with E-state index in [1.165, 1.54) is 14.4 Å². The van der Waals surface area contributed by atoms with Gasteiger partial charge in [0.15, 0.2) is 0 Å². The zero-order valence-corrected chi connectivity index (χ0v) is 14.3. The molecule has 3 nitrogen and oxygen atoms in total. The first-order chi connectivity index (χ1) is 10.3. The summed E-state index contributed by atoms with van der Waals surface area (Å²) in [5.41, 5.74) is 7.35. The summed E-state index contributed by atoms with van der Waals surface area (Å²) in [5, 5.41) is 0. The number of halogens is 1. The zero-order valence-electron chi connectivity index (χ0n) is 11.9. The molecule has 1 aliphatic rings. The van der Waals surface area contributed by atoms with E-state index in [0.29, 0.717) is 12.6 Å². The average Bonchev–Trinajstić information content (AvgIpc) is 2.96. The number of para-hydroxylation sites is 1. The van der Waals surface area contributed by atoms with Crippen LogP contribution < -0.4 is 10.6 Å². The minimum absolute atomic E-state index is 0.347. The number of hydrogen-bond donors (Lipinski definition) is 1. The molecule has 0 aliphatic carbocycles. The smallest absolute Gasteiger partial charge is 0.0702 e. The van der Waals surface area contributed by atoms with E-state index in [0.717, 1.165) is 26.2 Å². The van der Waals surface area contributed by atoms with Gasteiger partial charge in [-0.05, 0) is 40.2 Å². The molecular formula is C16H20BrN3S. The number of nitrogens with zero attached hydrogens (tertiary/aromatic N) is 2. The molecule has 0 saturated carbocycles. The number of benzene rings is 1. The van der Waals surface area contributed by atoms with Crippen molar-refractivity contribution in [3.63, 3.8) is 0 Å². The van der Waals surface area contributed by atoms with E-state index in [1.54, 1.807) is 11.3 Å². The second-order valence-electron chi connectivity index (χ2n) is 5.25. The molecular weight excluding hydrogens is 346 g/mol. The van der Waals surface area contributed by atoms with E-state index >= 15 is 0 Å². The predicted octanol–water partition coefficient (Wildman–Crippen LogP) is 3.33. The first-order valence-corrected chi connectivity index (χ1v) is 8.88. The van der Waals surface area contributed by atoms with E-state index in [4.69, 9.17) is 5.73 Å². The van der Waals surface area contributed by atoms with Crippen LogP contribution in [0.15, 0.2) is 46.3 Å². The third kappa shape index (κ3) is 3.48. The lowest BCUT2D eigenvalue weighted by molar-refractivity contribution is 0.193. The van der Waals surface area contributed by atoms with Crippen molar-refractivity contribution in [1.82, 2.24) is 4.90 Å². The van der Waals surface area contributed by atoms with E-state index in [-0.39, 0.29) is 0 Å². The van der Waals surface area contributed by atoms with Gasteiger partial charge in [0.05, 0.1) is 9.83 Å². The average molecular weight is 366 g/mol. The highest BCUT2D eigenvalue weighted by atomic mass is 79.9. The Balaban J connectivity index is 1.64. The molecule has 0 bridgehead atoms. The van der Waals surface area contributed by atoms with Gasteiger partial charge in [0.2, 0.25) is 0 Å². The first-order valence-electron chi connectivity index (χ1n) is 7.27. The lowest BCUT2D eigenvalue weighted by atomic mass is 10.1. The molecule has 1 saturated heterocycles. The van der Waals surface area contributed by atoms with E-state index in [2.05, 4.69) is 68.2 Å². The number of nitrogens with two attached hydrogens (primary N) is 1. The Labute approximate surface area is 138 Å². The molecule has 2 aromatic rings. The summed E-state index contributed by atoms with van der Waals surface area (Å²) in [6, 6.07) is 15.3. The highest BCUT2D eigenvalue weighted by molar-refractivity contribution is 9.11. The number of thiophene rings is 1. The Morgan fingerprint density at radius 1 is 1.05 bits per heavy atom. The van der Waals surface area contributed by atoms with Gasteiger partial charge in [0.25, 0.3) is 0 Å². The van der Waals surface area contributed by atoms with Crippen LogP contribution in [0.2, 0.25) is 0 Å². The molecule has 5 heteroatoms. The largest absolute Gasteiger partial charge is 0.369 e. The predicted molar refractivity (Wildman–Crippen MR) is 94.0 cm³/mol. The van der Waals surface area contributed by atoms with Crippen molar-refractivity contribution in [3.8, 4) is 0 Å². The lowest BCUT2D eigenvalue weighted by Gasteiger charge is -2.39. The van der Waals surface area contributed by atoms with E-state index in [1.807, 2.05) is 0 Å². The van der Waals surface area contributed by atoms with Gasteiger partial charge in [-0.3, -0.25) is 4.90 Å². The number of anilines is 1. The molecule has 1 atom stereocenters. The molecule has 1 fully saturated rings. The van der Waals surface area contributed by atoms with Crippen LogP contribution in [0.3, 0.4) is 0 Å². The molecule has 0 amide bonds. The molecule has 1 aliphatic heterocycles. The van der Waals surface area contributed by atoms with Crippen molar-refractivity contribution >= 4 is 33.0 Å². The quantitative estimate of drug-likeness (QED) is 0.901. The van der Waals surface area contributed by atoms with Crippen molar-refractivity contribution in [3.05, 3.63) is 51.1 Å². The Kier molecular flexibility index (Phi) is 4.95. The van der Waals surface area contributed by atoms with Crippen LogP contribution in [0.25, 0.3) is 0 Å². The van der Waals surface area contributed by atoms with Crippen molar-refractivity contribution in [2.75, 3.05) is 37.6 Å². The lowest BCUT2D eigenvalue weighted by Crippen LogP contribution is -2.49. The van der Waals surface area contributed by atoms with E-state index < -0.39 is 0 Å². The second-order valence-corrected chi connectivity index (χ2v) is 7.75. The fourth-order valence-electron chi connectivity index (χ4n) is 2.88. The number of piperazine rings is 1. The van der Waals surface area contributed by atoms with Gasteiger partial charge in [0.1, 0.15) is 0 Å². The van der Waals surface area contributed by atoms with Crippen molar-refractivity contribution in [2.45, 2.75) is 6.04 Å². The summed E-state index contributed by atoms with van der Waals surface area (Å²) >= 11 is 5.34. The summed E-state index contributed by atoms with van der Waals surface area (Å²) in [7, 11) is 0. The van der Waals surface area contributed by atoms with Gasteiger partial charge in [-0.15, -0.1) is 11.3 Å². The van der Waals surface area contributed by atoms with Crippen LogP contribution in [0.5, 0.6) is 0 Å². The highest BCUT2D eigenvalue weighted by Crippen LogP contribution is 2.31. The van der Waals surface area contributed by atoms with Crippen LogP contribution in [0, 0.1) is 0 Å². The molecule has 0 radical (unpaired) electrons. The standard InChI is InChI=1S/C16H20BrN3S/c17-16-7-6-15(21-16)14(12-18)20-10-8-19(9-11-20)13-4-2-1-3-5-13/h1-7,14H,8-12,18H2. The molecule has 1 aromatic heterocycles. The van der Waals surface area contributed by atoms with Crippen LogP contribution in [-0.2, 0) is 0 Å². The van der Waals surface area contributed by atoms with Crippen LogP contribution in [-0.4, -0.2) is 37.6 Å². The molecule has 3 rings (SSSR count).